The van der Waals surface area contributed by atoms with Gasteiger partial charge in [-0.3, -0.25) is 9.52 Å². The van der Waals surface area contributed by atoms with E-state index in [0.717, 1.165) is 19.2 Å². The number of nitrogens with one attached hydrogen (secondary N) is 1. The van der Waals surface area contributed by atoms with Crippen LogP contribution in [0.2, 0.25) is 0 Å². The molecule has 0 aliphatic rings. The summed E-state index contributed by atoms with van der Waals surface area (Å²) in [6, 6.07) is 4.61. The van der Waals surface area contributed by atoms with Gasteiger partial charge in [-0.15, -0.1) is 3.89 Å². The highest BCUT2D eigenvalue weighted by Crippen LogP contribution is 2.23. The minimum atomic E-state index is -5.06. The molecule has 0 aliphatic carbocycles. The molecule has 0 saturated heterocycles. The minimum absolute atomic E-state index is 0.406. The number of carbonyl (C=O) groups excluding carboxylic acids is 1. The normalized spacial score (nSPS) is 11.9. The first-order chi connectivity index (χ1) is 9.15. The molecule has 0 spiro atoms. The summed E-state index contributed by atoms with van der Waals surface area (Å²) in [5, 5.41) is 0. The van der Waals surface area contributed by atoms with E-state index >= 15 is 0 Å². The van der Waals surface area contributed by atoms with Gasteiger partial charge in [-0.2, -0.15) is 8.42 Å². The number of hydrogen-bond acceptors (Lipinski definition) is 6. The second-order valence-electron chi connectivity index (χ2n) is 3.68. The lowest BCUT2D eigenvalue weighted by molar-refractivity contribution is -0.140. The highest BCUT2D eigenvalue weighted by Gasteiger charge is 2.21. The predicted octanol–water partition coefficient (Wildman–Crippen LogP) is 0.650. The van der Waals surface area contributed by atoms with Crippen LogP contribution in [0.25, 0.3) is 0 Å². The van der Waals surface area contributed by atoms with E-state index in [4.69, 9.17) is 0 Å². The van der Waals surface area contributed by atoms with E-state index in [1.807, 2.05) is 4.72 Å². The van der Waals surface area contributed by atoms with Crippen molar-refractivity contribution >= 4 is 31.9 Å². The first-order valence-electron chi connectivity index (χ1n) is 5.27. The van der Waals surface area contributed by atoms with Crippen LogP contribution in [0.5, 0.6) is 0 Å². The van der Waals surface area contributed by atoms with Crippen LogP contribution in [0.15, 0.2) is 29.2 Å². The van der Waals surface area contributed by atoms with Gasteiger partial charge in [0.05, 0.1) is 25.0 Å². The van der Waals surface area contributed by atoms with Crippen LogP contribution >= 0.6 is 0 Å². The van der Waals surface area contributed by atoms with E-state index in [1.165, 1.54) is 12.1 Å². The Labute approximate surface area is 116 Å². The number of methoxy groups -OCH3 is 1. The SMILES string of the molecule is COC(=O)CCS(=O)(=O)Nc1ccccc1S(=O)(=O)F. The number of para-hydroxylation sites is 1. The van der Waals surface area contributed by atoms with Gasteiger partial charge in [0.1, 0.15) is 4.90 Å². The fraction of sp³-hybridized carbons (Fsp3) is 0.300. The summed E-state index contributed by atoms with van der Waals surface area (Å²) >= 11 is 0. The summed E-state index contributed by atoms with van der Waals surface area (Å²) in [7, 11) is -7.96. The molecule has 0 aromatic heterocycles. The fourth-order valence-electron chi connectivity index (χ4n) is 1.30. The van der Waals surface area contributed by atoms with Gasteiger partial charge < -0.3 is 4.74 Å². The molecule has 10 heteroatoms. The van der Waals surface area contributed by atoms with Gasteiger partial charge in [0.15, 0.2) is 0 Å². The summed E-state index contributed by atoms with van der Waals surface area (Å²) in [6.07, 6.45) is -0.406. The second-order valence-corrected chi connectivity index (χ2v) is 6.84. The zero-order valence-electron chi connectivity index (χ0n) is 10.4. The van der Waals surface area contributed by atoms with Crippen molar-refractivity contribution < 1.29 is 30.3 Å². The number of anilines is 1. The first-order valence-corrected chi connectivity index (χ1v) is 8.30. The first kappa shape index (κ1) is 16.4. The predicted molar refractivity (Wildman–Crippen MR) is 68.8 cm³/mol. The van der Waals surface area contributed by atoms with Crippen LogP contribution in [0.1, 0.15) is 6.42 Å². The number of hydrogen-bond donors (Lipinski definition) is 1. The van der Waals surface area contributed by atoms with E-state index in [9.17, 15) is 25.5 Å². The number of halogens is 1. The second kappa shape index (κ2) is 6.18. The van der Waals surface area contributed by atoms with Crippen molar-refractivity contribution in [2.45, 2.75) is 11.3 Å². The lowest BCUT2D eigenvalue weighted by atomic mass is 10.3. The number of sulfonamides is 1. The van der Waals surface area contributed by atoms with Gasteiger partial charge >= 0.3 is 16.2 Å². The standard InChI is InChI=1S/C10H12FNO6S2/c1-18-10(13)6-7-19(14,15)12-8-4-2-3-5-9(8)20(11,16)17/h2-5,12H,6-7H2,1H3. The molecule has 0 radical (unpaired) electrons. The molecule has 1 aromatic rings. The molecule has 0 heterocycles. The van der Waals surface area contributed by atoms with Crippen molar-refractivity contribution in [3.8, 4) is 0 Å². The van der Waals surface area contributed by atoms with Crippen LogP contribution in [0, 0.1) is 0 Å². The Morgan fingerprint density at radius 1 is 1.25 bits per heavy atom. The Kier molecular flexibility index (Phi) is 5.06. The van der Waals surface area contributed by atoms with Crippen molar-refractivity contribution in [2.24, 2.45) is 0 Å². The van der Waals surface area contributed by atoms with Crippen LogP contribution in [0.4, 0.5) is 9.57 Å². The highest BCUT2D eigenvalue weighted by molar-refractivity contribution is 7.92. The van der Waals surface area contributed by atoms with Crippen LogP contribution in [0.3, 0.4) is 0 Å². The van der Waals surface area contributed by atoms with Gasteiger partial charge in [-0.25, -0.2) is 8.42 Å². The quantitative estimate of drug-likeness (QED) is 0.608. The summed E-state index contributed by atoms with van der Waals surface area (Å²) in [5.74, 6) is -1.35. The van der Waals surface area contributed by atoms with E-state index in [2.05, 4.69) is 4.74 Å². The Morgan fingerprint density at radius 3 is 2.40 bits per heavy atom. The van der Waals surface area contributed by atoms with Gasteiger partial charge in [0.25, 0.3) is 0 Å². The molecule has 0 saturated carbocycles. The van der Waals surface area contributed by atoms with Crippen molar-refractivity contribution in [3.63, 3.8) is 0 Å². The van der Waals surface area contributed by atoms with Crippen molar-refractivity contribution in [2.75, 3.05) is 17.6 Å². The van der Waals surface area contributed by atoms with E-state index < -0.39 is 49.0 Å². The summed E-state index contributed by atoms with van der Waals surface area (Å²) in [4.78, 5) is 10.1. The molecule has 0 amide bonds. The molecule has 7 nitrogen and oxygen atoms in total. The Bertz CT molecular complexity index is 698. The Balaban J connectivity index is 2.96. The molecular weight excluding hydrogens is 313 g/mol. The largest absolute Gasteiger partial charge is 0.469 e. The smallest absolute Gasteiger partial charge is 0.334 e. The van der Waals surface area contributed by atoms with Crippen molar-refractivity contribution in [1.29, 1.82) is 0 Å². The van der Waals surface area contributed by atoms with E-state index in [0.29, 0.717) is 0 Å². The van der Waals surface area contributed by atoms with Gasteiger partial charge in [-0.1, -0.05) is 12.1 Å². The molecule has 0 unspecified atom stereocenters. The molecule has 1 N–H and O–H groups in total. The molecule has 0 fully saturated rings. The number of ether oxygens (including phenoxy) is 1. The van der Waals surface area contributed by atoms with Crippen LogP contribution in [-0.4, -0.2) is 35.7 Å². The minimum Gasteiger partial charge on any atom is -0.469 e. The number of carbonyl (C=O) groups is 1. The average Bonchev–Trinajstić information content (AvgIpc) is 2.35. The average molecular weight is 325 g/mol. The molecule has 20 heavy (non-hydrogen) atoms. The summed E-state index contributed by atoms with van der Waals surface area (Å²) in [5.41, 5.74) is -0.417. The third-order valence-corrected chi connectivity index (χ3v) is 4.37. The lowest BCUT2D eigenvalue weighted by Crippen LogP contribution is -2.20. The number of benzene rings is 1. The maximum atomic E-state index is 13.0. The van der Waals surface area contributed by atoms with Crippen molar-refractivity contribution in [1.82, 2.24) is 0 Å². The van der Waals surface area contributed by atoms with Gasteiger partial charge in [-0.05, 0) is 12.1 Å². The summed E-state index contributed by atoms with van der Waals surface area (Å²) in [6.45, 7) is 0. The zero-order chi connectivity index (χ0) is 15.4. The third kappa shape index (κ3) is 4.78. The summed E-state index contributed by atoms with van der Waals surface area (Å²) < 4.78 is 64.3. The van der Waals surface area contributed by atoms with Crippen molar-refractivity contribution in [3.05, 3.63) is 24.3 Å². The Morgan fingerprint density at radius 2 is 1.85 bits per heavy atom. The number of esters is 1. The van der Waals surface area contributed by atoms with Gasteiger partial charge in [0.2, 0.25) is 10.0 Å². The fourth-order valence-corrected chi connectivity index (χ4v) is 3.04. The van der Waals surface area contributed by atoms with E-state index in [1.54, 1.807) is 0 Å². The van der Waals surface area contributed by atoms with Gasteiger partial charge in [0, 0.05) is 0 Å². The molecule has 0 bridgehead atoms. The molecule has 0 atom stereocenters. The molecule has 1 rings (SSSR count). The number of rotatable bonds is 6. The molecule has 0 aliphatic heterocycles. The third-order valence-electron chi connectivity index (χ3n) is 2.22. The molecular formula is C10H12FNO6S2. The highest BCUT2D eigenvalue weighted by atomic mass is 32.3. The van der Waals surface area contributed by atoms with E-state index in [-0.39, 0.29) is 0 Å². The molecule has 1 aromatic carbocycles. The maximum Gasteiger partial charge on any atom is 0.334 e. The zero-order valence-corrected chi connectivity index (χ0v) is 12.0. The molecule has 112 valence electrons. The maximum absolute atomic E-state index is 13.0. The topological polar surface area (TPSA) is 107 Å². The Hall–Kier alpha value is -1.68. The van der Waals surface area contributed by atoms with Crippen LogP contribution < -0.4 is 4.72 Å². The monoisotopic (exact) mass is 325 g/mol. The van der Waals surface area contributed by atoms with Crippen LogP contribution in [-0.2, 0) is 29.8 Å². The lowest BCUT2D eigenvalue weighted by Gasteiger charge is -2.09.